The molecule has 1 aromatic carbocycles. The van der Waals surface area contributed by atoms with Crippen molar-refractivity contribution in [3.8, 4) is 11.5 Å². The van der Waals surface area contributed by atoms with Gasteiger partial charge in [-0.15, -0.1) is 0 Å². The normalized spacial score (nSPS) is 18.3. The number of esters is 1. The third-order valence-electron chi connectivity index (χ3n) is 4.96. The number of fused-ring (bicyclic) bond motifs is 1. The minimum Gasteiger partial charge on any atom is -0.485 e. The number of hydrogen-bond acceptors (Lipinski definition) is 7. The molecule has 0 N–H and O–H groups in total. The first-order valence-corrected chi connectivity index (χ1v) is 9.71. The van der Waals surface area contributed by atoms with Crippen LogP contribution in [0.1, 0.15) is 17.3 Å². The zero-order chi connectivity index (χ0) is 20.2. The van der Waals surface area contributed by atoms with Crippen LogP contribution in [-0.2, 0) is 9.53 Å². The predicted molar refractivity (Wildman–Crippen MR) is 105 cm³/mol. The van der Waals surface area contributed by atoms with Crippen LogP contribution < -0.4 is 14.4 Å². The lowest BCUT2D eigenvalue weighted by Gasteiger charge is -2.38. The van der Waals surface area contributed by atoms with Crippen LogP contribution in [-0.4, -0.2) is 67.3 Å². The van der Waals surface area contributed by atoms with E-state index in [0.717, 1.165) is 0 Å². The largest absolute Gasteiger partial charge is 0.485 e. The molecule has 0 bridgehead atoms. The zero-order valence-electron chi connectivity index (χ0n) is 16.2. The average Bonchev–Trinajstić information content (AvgIpc) is 2.78. The van der Waals surface area contributed by atoms with Crippen molar-refractivity contribution < 1.29 is 23.8 Å². The highest BCUT2D eigenvalue weighted by atomic mass is 16.6. The Balaban J connectivity index is 1.39. The van der Waals surface area contributed by atoms with Gasteiger partial charge in [0.2, 0.25) is 6.10 Å². The standard InChI is InChI=1S/C21H23N3O5/c1-2-27-21(26)15-6-5-9-22-19(15)23-10-12-24(13-11-23)20(25)18-14-28-16-7-3-4-8-17(16)29-18/h3-9,18H,2,10-14H2,1H3. The van der Waals surface area contributed by atoms with Crippen molar-refractivity contribution >= 4 is 17.7 Å². The first kappa shape index (κ1) is 19.0. The van der Waals surface area contributed by atoms with E-state index >= 15 is 0 Å². The molecular formula is C21H23N3O5. The SMILES string of the molecule is CCOC(=O)c1cccnc1N1CCN(C(=O)C2COc3ccccc3O2)CC1. The minimum absolute atomic E-state index is 0.0919. The summed E-state index contributed by atoms with van der Waals surface area (Å²) in [5, 5.41) is 0. The second-order valence-corrected chi connectivity index (χ2v) is 6.77. The number of nitrogens with zero attached hydrogens (tertiary/aromatic N) is 3. The summed E-state index contributed by atoms with van der Waals surface area (Å²) in [4.78, 5) is 33.2. The van der Waals surface area contributed by atoms with Gasteiger partial charge < -0.3 is 24.0 Å². The van der Waals surface area contributed by atoms with Crippen LogP contribution in [0.5, 0.6) is 11.5 Å². The number of benzene rings is 1. The molecule has 0 aliphatic carbocycles. The topological polar surface area (TPSA) is 81.2 Å². The highest BCUT2D eigenvalue weighted by molar-refractivity contribution is 5.94. The van der Waals surface area contributed by atoms with E-state index in [-0.39, 0.29) is 18.5 Å². The number of para-hydroxylation sites is 2. The number of pyridine rings is 1. The van der Waals surface area contributed by atoms with E-state index in [0.29, 0.717) is 55.7 Å². The fourth-order valence-corrected chi connectivity index (χ4v) is 3.50. The van der Waals surface area contributed by atoms with E-state index in [9.17, 15) is 9.59 Å². The van der Waals surface area contributed by atoms with Crippen LogP contribution in [0.25, 0.3) is 0 Å². The van der Waals surface area contributed by atoms with Crippen molar-refractivity contribution in [3.63, 3.8) is 0 Å². The summed E-state index contributed by atoms with van der Waals surface area (Å²) < 4.78 is 16.6. The third kappa shape index (κ3) is 3.96. The van der Waals surface area contributed by atoms with Gasteiger partial charge in [-0.1, -0.05) is 12.1 Å². The monoisotopic (exact) mass is 397 g/mol. The van der Waals surface area contributed by atoms with E-state index in [4.69, 9.17) is 14.2 Å². The minimum atomic E-state index is -0.651. The van der Waals surface area contributed by atoms with E-state index in [1.807, 2.05) is 23.1 Å². The molecule has 3 heterocycles. The van der Waals surface area contributed by atoms with Gasteiger partial charge in [-0.3, -0.25) is 4.79 Å². The van der Waals surface area contributed by atoms with Gasteiger partial charge >= 0.3 is 5.97 Å². The molecule has 1 aromatic heterocycles. The third-order valence-corrected chi connectivity index (χ3v) is 4.96. The Hall–Kier alpha value is -3.29. The molecule has 0 spiro atoms. The second-order valence-electron chi connectivity index (χ2n) is 6.77. The Bertz CT molecular complexity index is 895. The van der Waals surface area contributed by atoms with Crippen molar-refractivity contribution in [2.45, 2.75) is 13.0 Å². The smallest absolute Gasteiger partial charge is 0.341 e. The first-order valence-electron chi connectivity index (χ1n) is 9.71. The maximum absolute atomic E-state index is 12.9. The summed E-state index contributed by atoms with van der Waals surface area (Å²) in [5.74, 6) is 1.35. The van der Waals surface area contributed by atoms with Crippen molar-refractivity contribution in [1.29, 1.82) is 0 Å². The molecule has 29 heavy (non-hydrogen) atoms. The van der Waals surface area contributed by atoms with Crippen LogP contribution in [0, 0.1) is 0 Å². The van der Waals surface area contributed by atoms with E-state index in [1.165, 1.54) is 0 Å². The van der Waals surface area contributed by atoms with Gasteiger partial charge in [-0.2, -0.15) is 0 Å². The van der Waals surface area contributed by atoms with Crippen LogP contribution in [0.2, 0.25) is 0 Å². The summed E-state index contributed by atoms with van der Waals surface area (Å²) in [6, 6.07) is 10.8. The van der Waals surface area contributed by atoms with Gasteiger partial charge in [-0.05, 0) is 31.2 Å². The van der Waals surface area contributed by atoms with Crippen molar-refractivity contribution in [2.24, 2.45) is 0 Å². The molecule has 0 saturated carbocycles. The van der Waals surface area contributed by atoms with Gasteiger partial charge in [0.1, 0.15) is 18.0 Å². The molecule has 1 atom stereocenters. The number of carbonyl (C=O) groups is 2. The molecule has 2 aliphatic rings. The summed E-state index contributed by atoms with van der Waals surface area (Å²) in [6.45, 7) is 4.44. The van der Waals surface area contributed by atoms with Gasteiger partial charge in [0, 0.05) is 32.4 Å². The number of rotatable bonds is 4. The number of carbonyl (C=O) groups excluding carboxylic acids is 2. The highest BCUT2D eigenvalue weighted by Crippen LogP contribution is 2.31. The fraction of sp³-hybridized carbons (Fsp3) is 0.381. The summed E-state index contributed by atoms with van der Waals surface area (Å²) >= 11 is 0. The predicted octanol–water partition coefficient (Wildman–Crippen LogP) is 1.75. The van der Waals surface area contributed by atoms with Gasteiger partial charge in [0.05, 0.1) is 6.61 Å². The number of piperazine rings is 1. The molecule has 0 radical (unpaired) electrons. The highest BCUT2D eigenvalue weighted by Gasteiger charge is 2.33. The molecule has 8 heteroatoms. The molecule has 152 valence electrons. The van der Waals surface area contributed by atoms with Gasteiger partial charge in [0.15, 0.2) is 11.5 Å². The number of ether oxygens (including phenoxy) is 3. The Morgan fingerprint density at radius 1 is 1.10 bits per heavy atom. The Morgan fingerprint density at radius 3 is 2.62 bits per heavy atom. The van der Waals surface area contributed by atoms with Crippen LogP contribution in [0.15, 0.2) is 42.6 Å². The zero-order valence-corrected chi connectivity index (χ0v) is 16.2. The Kier molecular flexibility index (Phi) is 5.50. The fourth-order valence-electron chi connectivity index (χ4n) is 3.50. The van der Waals surface area contributed by atoms with Crippen LogP contribution in [0.3, 0.4) is 0 Å². The van der Waals surface area contributed by atoms with Gasteiger partial charge in [-0.25, -0.2) is 9.78 Å². The van der Waals surface area contributed by atoms with Crippen molar-refractivity contribution in [2.75, 3.05) is 44.3 Å². The number of hydrogen-bond donors (Lipinski definition) is 0. The summed E-state index contributed by atoms with van der Waals surface area (Å²) in [5.41, 5.74) is 0.440. The Morgan fingerprint density at radius 2 is 1.86 bits per heavy atom. The molecule has 4 rings (SSSR count). The molecule has 1 unspecified atom stereocenters. The van der Waals surface area contributed by atoms with Gasteiger partial charge in [0.25, 0.3) is 5.91 Å². The molecule has 1 saturated heterocycles. The lowest BCUT2D eigenvalue weighted by atomic mass is 10.2. The first-order chi connectivity index (χ1) is 14.2. The maximum Gasteiger partial charge on any atom is 0.341 e. The second kappa shape index (κ2) is 8.38. The number of aromatic nitrogens is 1. The Labute approximate surface area is 169 Å². The summed E-state index contributed by atoms with van der Waals surface area (Å²) in [7, 11) is 0. The van der Waals surface area contributed by atoms with Crippen LogP contribution >= 0.6 is 0 Å². The molecule has 2 aliphatic heterocycles. The molecule has 2 aromatic rings. The van der Waals surface area contributed by atoms with Crippen LogP contribution in [0.4, 0.5) is 5.82 Å². The molecular weight excluding hydrogens is 374 g/mol. The lowest BCUT2D eigenvalue weighted by molar-refractivity contribution is -0.141. The maximum atomic E-state index is 12.9. The molecule has 1 amide bonds. The molecule has 8 nitrogen and oxygen atoms in total. The van der Waals surface area contributed by atoms with Crippen molar-refractivity contribution in [3.05, 3.63) is 48.2 Å². The van der Waals surface area contributed by atoms with E-state index in [2.05, 4.69) is 4.98 Å². The average molecular weight is 397 g/mol. The van der Waals surface area contributed by atoms with E-state index < -0.39 is 6.10 Å². The summed E-state index contributed by atoms with van der Waals surface area (Å²) in [6.07, 6.45) is 1.00. The van der Waals surface area contributed by atoms with E-state index in [1.54, 1.807) is 36.2 Å². The lowest BCUT2D eigenvalue weighted by Crippen LogP contribution is -2.54. The quantitative estimate of drug-likeness (QED) is 0.727. The molecule has 1 fully saturated rings. The number of amides is 1. The van der Waals surface area contributed by atoms with Crippen molar-refractivity contribution in [1.82, 2.24) is 9.88 Å². The number of anilines is 1.